The normalized spacial score (nSPS) is 12.2. The van der Waals surface area contributed by atoms with Gasteiger partial charge in [0.05, 0.1) is 0 Å². The van der Waals surface area contributed by atoms with Crippen molar-refractivity contribution < 1.29 is 4.39 Å². The monoisotopic (exact) mass is 442 g/mol. The molecule has 0 aliphatic heterocycles. The molecule has 0 N–H and O–H groups in total. The number of fused-ring (bicyclic) bond motifs is 3. The number of pyridine rings is 3. The first-order chi connectivity index (χ1) is 11.9. The molecule has 0 saturated carbocycles. The standard InChI is InChI=1S/C16H10FN4.3CH3.Sn/c1-21-15-9-19-14(10-3-2-4-18-7-10)6-12(15)13-5-11(17)8-20-16(13)21;;;;/h2-4,6-9H,1H3;3*1H3;. The number of halogens is 1. The van der Waals surface area contributed by atoms with Crippen molar-refractivity contribution in [3.05, 3.63) is 48.8 Å². The molecule has 4 heterocycles. The van der Waals surface area contributed by atoms with Gasteiger partial charge < -0.3 is 0 Å². The van der Waals surface area contributed by atoms with Crippen molar-refractivity contribution in [2.75, 3.05) is 0 Å². The average Bonchev–Trinajstić information content (AvgIpc) is 2.86. The van der Waals surface area contributed by atoms with Crippen LogP contribution in [0, 0.1) is 5.82 Å². The molecule has 0 atom stereocenters. The molecule has 0 saturated heterocycles. The molecule has 4 rings (SSSR count). The number of hydrogen-bond donors (Lipinski definition) is 0. The fourth-order valence-corrected chi connectivity index (χ4v) is 8.50. The van der Waals surface area contributed by atoms with Crippen molar-refractivity contribution in [3.63, 3.8) is 0 Å². The van der Waals surface area contributed by atoms with Gasteiger partial charge in [-0.25, -0.2) is 0 Å². The van der Waals surface area contributed by atoms with E-state index in [-0.39, 0.29) is 5.82 Å². The van der Waals surface area contributed by atoms with Crippen LogP contribution in [0.5, 0.6) is 0 Å². The average molecular weight is 441 g/mol. The first kappa shape index (κ1) is 16.4. The summed E-state index contributed by atoms with van der Waals surface area (Å²) in [6.07, 6.45) is 6.75. The molecule has 0 aliphatic rings. The van der Waals surface area contributed by atoms with Gasteiger partial charge in [-0.05, 0) is 0 Å². The van der Waals surface area contributed by atoms with Crippen molar-refractivity contribution >= 4 is 43.9 Å². The van der Waals surface area contributed by atoms with Gasteiger partial charge in [-0.3, -0.25) is 0 Å². The first-order valence-corrected chi connectivity index (χ1v) is 18.2. The summed E-state index contributed by atoms with van der Waals surface area (Å²) >= 11 is -2.71. The fraction of sp³-hybridized carbons (Fsp3) is 0.211. The van der Waals surface area contributed by atoms with E-state index in [0.717, 1.165) is 36.8 Å². The first-order valence-electron chi connectivity index (χ1n) is 8.21. The molecule has 25 heavy (non-hydrogen) atoms. The molecule has 0 unspecified atom stereocenters. The molecule has 4 aromatic heterocycles. The van der Waals surface area contributed by atoms with Gasteiger partial charge >= 0.3 is 150 Å². The third-order valence-corrected chi connectivity index (χ3v) is 10.2. The summed E-state index contributed by atoms with van der Waals surface area (Å²) in [7, 11) is 1.96. The molecule has 0 fully saturated rings. The van der Waals surface area contributed by atoms with Gasteiger partial charge in [0.15, 0.2) is 0 Å². The van der Waals surface area contributed by atoms with E-state index in [1.807, 2.05) is 36.0 Å². The summed E-state index contributed by atoms with van der Waals surface area (Å²) in [4.78, 5) is 19.8. The summed E-state index contributed by atoms with van der Waals surface area (Å²) in [6.45, 7) is 0. The fourth-order valence-electron chi connectivity index (χ4n) is 3.42. The van der Waals surface area contributed by atoms with E-state index >= 15 is 0 Å². The summed E-state index contributed by atoms with van der Waals surface area (Å²) in [5.41, 5.74) is 3.58. The van der Waals surface area contributed by atoms with Crippen molar-refractivity contribution in [1.82, 2.24) is 19.5 Å². The number of nitrogens with zero attached hydrogens (tertiary/aromatic N) is 4. The van der Waals surface area contributed by atoms with E-state index < -0.39 is 18.4 Å². The Kier molecular flexibility index (Phi) is 3.79. The van der Waals surface area contributed by atoms with Crippen molar-refractivity contribution in [1.29, 1.82) is 0 Å². The molecule has 0 aliphatic carbocycles. The molecule has 4 nitrogen and oxygen atoms in total. The van der Waals surface area contributed by atoms with E-state index in [0.29, 0.717) is 0 Å². The van der Waals surface area contributed by atoms with Crippen LogP contribution in [0.25, 0.3) is 33.2 Å². The van der Waals surface area contributed by atoms with Gasteiger partial charge in [-0.1, -0.05) is 0 Å². The van der Waals surface area contributed by atoms with E-state index in [1.54, 1.807) is 12.4 Å². The molecule has 6 heteroatoms. The minimum atomic E-state index is -2.71. The van der Waals surface area contributed by atoms with Crippen LogP contribution < -0.4 is 3.58 Å². The third-order valence-electron chi connectivity index (χ3n) is 4.55. The van der Waals surface area contributed by atoms with Gasteiger partial charge in [0.1, 0.15) is 0 Å². The predicted molar refractivity (Wildman–Crippen MR) is 102 cm³/mol. The summed E-state index contributed by atoms with van der Waals surface area (Å²) in [5, 5.41) is 1.97. The second-order valence-corrected chi connectivity index (χ2v) is 21.6. The molecule has 0 aromatic carbocycles. The van der Waals surface area contributed by atoms with Crippen LogP contribution in [-0.2, 0) is 7.05 Å². The summed E-state index contributed by atoms with van der Waals surface area (Å²) in [5.74, 6) is -0.178. The Labute approximate surface area is 149 Å². The van der Waals surface area contributed by atoms with Crippen molar-refractivity contribution in [2.24, 2.45) is 7.05 Å². The molecule has 4 aromatic rings. The van der Waals surface area contributed by atoms with Crippen LogP contribution in [-0.4, -0.2) is 37.9 Å². The van der Waals surface area contributed by atoms with Crippen molar-refractivity contribution in [3.8, 4) is 11.3 Å². The van der Waals surface area contributed by atoms with Gasteiger partial charge in [0.25, 0.3) is 0 Å². The Morgan fingerprint density at radius 1 is 1.08 bits per heavy atom. The maximum atomic E-state index is 14.7. The maximum absolute atomic E-state index is 14.7. The molecule has 126 valence electrons. The van der Waals surface area contributed by atoms with Crippen LogP contribution in [0.3, 0.4) is 0 Å². The van der Waals surface area contributed by atoms with Crippen molar-refractivity contribution in [2.45, 2.75) is 14.8 Å². The van der Waals surface area contributed by atoms with Crippen LogP contribution in [0.15, 0.2) is 43.0 Å². The number of aryl methyl sites for hydroxylation is 1. The zero-order valence-corrected chi connectivity index (χ0v) is 17.6. The minimum absolute atomic E-state index is 0.178. The van der Waals surface area contributed by atoms with Crippen LogP contribution in [0.2, 0.25) is 14.8 Å². The Balaban J connectivity index is 2.14. The van der Waals surface area contributed by atoms with Crippen LogP contribution >= 0.6 is 0 Å². The molecule has 0 bridgehead atoms. The Bertz CT molecular complexity index is 1100. The van der Waals surface area contributed by atoms with E-state index in [4.69, 9.17) is 0 Å². The predicted octanol–water partition coefficient (Wildman–Crippen LogP) is 3.87. The van der Waals surface area contributed by atoms with Crippen LogP contribution in [0.4, 0.5) is 4.39 Å². The third kappa shape index (κ3) is 2.61. The SMILES string of the molecule is Cn1c2cnc(-c3cccnc3)cc2c2[c]([Sn]([CH3])([CH3])[CH3])c(F)cnc21. The van der Waals surface area contributed by atoms with Gasteiger partial charge in [-0.15, -0.1) is 0 Å². The number of hydrogen-bond acceptors (Lipinski definition) is 3. The summed E-state index contributed by atoms with van der Waals surface area (Å²) < 4.78 is 17.6. The van der Waals surface area contributed by atoms with E-state index in [1.165, 1.54) is 6.20 Å². The van der Waals surface area contributed by atoms with Crippen LogP contribution in [0.1, 0.15) is 0 Å². The van der Waals surface area contributed by atoms with Gasteiger partial charge in [-0.2, -0.15) is 0 Å². The molecule has 0 amide bonds. The molecular weight excluding hydrogens is 422 g/mol. The van der Waals surface area contributed by atoms with E-state index in [9.17, 15) is 4.39 Å². The zero-order valence-electron chi connectivity index (χ0n) is 14.7. The summed E-state index contributed by atoms with van der Waals surface area (Å²) in [6, 6.07) is 5.91. The zero-order chi connectivity index (χ0) is 17.8. The molecule has 0 spiro atoms. The van der Waals surface area contributed by atoms with Gasteiger partial charge in [0, 0.05) is 0 Å². The quantitative estimate of drug-likeness (QED) is 0.444. The second kappa shape index (κ2) is 5.76. The van der Waals surface area contributed by atoms with Gasteiger partial charge in [0.2, 0.25) is 0 Å². The number of aromatic nitrogens is 4. The topological polar surface area (TPSA) is 43.6 Å². The Morgan fingerprint density at radius 3 is 2.56 bits per heavy atom. The number of rotatable bonds is 2. The molecule has 0 radical (unpaired) electrons. The Morgan fingerprint density at radius 2 is 1.88 bits per heavy atom. The second-order valence-electron chi connectivity index (χ2n) is 7.32. The van der Waals surface area contributed by atoms with E-state index in [2.05, 4.69) is 29.8 Å². The Hall–Kier alpha value is -2.02. The molecular formula is C19H19FN4Sn.